The maximum atomic E-state index is 3.96. The van der Waals surface area contributed by atoms with E-state index in [2.05, 4.69) is 73.9 Å². The van der Waals surface area contributed by atoms with E-state index in [0.29, 0.717) is 0 Å². The lowest BCUT2D eigenvalue weighted by molar-refractivity contribution is 0.631. The van der Waals surface area contributed by atoms with E-state index in [4.69, 9.17) is 0 Å². The van der Waals surface area contributed by atoms with Gasteiger partial charge in [-0.25, -0.2) is 0 Å². The molecule has 0 unspecified atom stereocenters. The smallest absolute Gasteiger partial charge is 0.0496 e. The maximum Gasteiger partial charge on any atom is 0.0496 e. The third-order valence-corrected chi connectivity index (χ3v) is 3.86. The summed E-state index contributed by atoms with van der Waals surface area (Å²) >= 11 is 0. The minimum atomic E-state index is 0.0344. The number of fused-ring (bicyclic) bond motifs is 2. The second-order valence-corrected chi connectivity index (χ2v) is 5.21. The molecule has 2 aromatic carbocycles. The van der Waals surface area contributed by atoms with E-state index in [0.717, 1.165) is 0 Å². The normalized spacial score (nSPS) is 15.8. The van der Waals surface area contributed by atoms with Gasteiger partial charge in [-0.3, -0.25) is 0 Å². The predicted molar refractivity (Wildman–Crippen MR) is 77.3 cm³/mol. The molecule has 1 aliphatic rings. The van der Waals surface area contributed by atoms with Crippen molar-refractivity contribution in [1.29, 1.82) is 0 Å². The van der Waals surface area contributed by atoms with E-state index in [9.17, 15) is 0 Å². The number of hydrogen-bond acceptors (Lipinski definition) is 1. The first-order valence-corrected chi connectivity index (χ1v) is 6.27. The van der Waals surface area contributed by atoms with Gasteiger partial charge in [0.15, 0.2) is 0 Å². The van der Waals surface area contributed by atoms with Crippen LogP contribution in [0.4, 0.5) is 11.4 Å². The molecule has 0 radical (unpaired) electrons. The Balaban J connectivity index is 2.36. The summed E-state index contributed by atoms with van der Waals surface area (Å²) in [6.45, 7) is 8.52. The number of para-hydroxylation sites is 2. The zero-order valence-electron chi connectivity index (χ0n) is 10.9. The van der Waals surface area contributed by atoms with Crippen LogP contribution in [0.1, 0.15) is 25.0 Å². The highest BCUT2D eigenvalue weighted by Crippen LogP contribution is 2.48. The fourth-order valence-corrected chi connectivity index (χ4v) is 2.90. The Labute approximate surface area is 108 Å². The molecule has 0 spiro atoms. The third-order valence-electron chi connectivity index (χ3n) is 3.86. The third kappa shape index (κ3) is 1.34. The molecule has 1 nitrogen and oxygen atoms in total. The van der Waals surface area contributed by atoms with Crippen LogP contribution >= 0.6 is 0 Å². The van der Waals surface area contributed by atoms with Crippen LogP contribution in [0.2, 0.25) is 0 Å². The topological polar surface area (TPSA) is 3.24 Å². The largest absolute Gasteiger partial charge is 0.317 e. The molecule has 0 N–H and O–H groups in total. The molecule has 0 saturated heterocycles. The average molecular weight is 235 g/mol. The van der Waals surface area contributed by atoms with Crippen molar-refractivity contribution in [2.75, 3.05) is 4.90 Å². The Morgan fingerprint density at radius 3 is 1.78 bits per heavy atom. The van der Waals surface area contributed by atoms with Crippen molar-refractivity contribution in [3.63, 3.8) is 0 Å². The number of benzene rings is 2. The van der Waals surface area contributed by atoms with Crippen molar-refractivity contribution in [2.24, 2.45) is 0 Å². The number of nitrogens with zero attached hydrogens (tertiary/aromatic N) is 1. The standard InChI is InChI=1S/C17H17N/c1-4-18-15-11-7-5-9-13(15)17(2,3)14-10-6-8-12-16(14)18/h4-12H,1H2,2-3H3. The van der Waals surface area contributed by atoms with Crippen LogP contribution in [0.5, 0.6) is 0 Å². The zero-order valence-corrected chi connectivity index (χ0v) is 10.9. The van der Waals surface area contributed by atoms with Gasteiger partial charge < -0.3 is 4.90 Å². The predicted octanol–water partition coefficient (Wildman–Crippen LogP) is 4.61. The van der Waals surface area contributed by atoms with Gasteiger partial charge in [-0.05, 0) is 23.3 Å². The molecule has 0 amide bonds. The molecule has 0 fully saturated rings. The summed E-state index contributed by atoms with van der Waals surface area (Å²) in [6.07, 6.45) is 1.90. The van der Waals surface area contributed by atoms with Gasteiger partial charge in [-0.2, -0.15) is 0 Å². The Hall–Kier alpha value is -2.02. The van der Waals surface area contributed by atoms with Crippen molar-refractivity contribution in [3.8, 4) is 0 Å². The van der Waals surface area contributed by atoms with E-state index < -0.39 is 0 Å². The van der Waals surface area contributed by atoms with Crippen LogP contribution in [-0.2, 0) is 5.41 Å². The Morgan fingerprint density at radius 2 is 1.33 bits per heavy atom. The molecule has 1 heterocycles. The van der Waals surface area contributed by atoms with Crippen molar-refractivity contribution in [1.82, 2.24) is 0 Å². The van der Waals surface area contributed by atoms with Gasteiger partial charge in [-0.1, -0.05) is 56.8 Å². The van der Waals surface area contributed by atoms with Gasteiger partial charge in [0.1, 0.15) is 0 Å². The molecule has 2 aromatic rings. The molecular formula is C17H17N. The molecular weight excluding hydrogens is 218 g/mol. The highest BCUT2D eigenvalue weighted by molar-refractivity contribution is 5.79. The molecule has 0 atom stereocenters. The fraction of sp³-hybridized carbons (Fsp3) is 0.176. The zero-order chi connectivity index (χ0) is 12.8. The second-order valence-electron chi connectivity index (χ2n) is 5.21. The molecule has 0 saturated carbocycles. The van der Waals surface area contributed by atoms with Gasteiger partial charge in [-0.15, -0.1) is 0 Å². The van der Waals surface area contributed by atoms with E-state index in [1.54, 1.807) is 0 Å². The lowest BCUT2D eigenvalue weighted by Gasteiger charge is -2.40. The van der Waals surface area contributed by atoms with E-state index >= 15 is 0 Å². The van der Waals surface area contributed by atoms with Gasteiger partial charge in [0.05, 0.1) is 0 Å². The summed E-state index contributed by atoms with van der Waals surface area (Å²) in [5.74, 6) is 0. The Bertz CT molecular complexity index is 561. The lowest BCUT2D eigenvalue weighted by Crippen LogP contribution is -2.30. The first kappa shape index (κ1) is 11.1. The quantitative estimate of drug-likeness (QED) is 0.697. The maximum absolute atomic E-state index is 3.96. The molecule has 1 aliphatic heterocycles. The van der Waals surface area contributed by atoms with Crippen molar-refractivity contribution in [2.45, 2.75) is 19.3 Å². The van der Waals surface area contributed by atoms with E-state index in [1.807, 2.05) is 6.20 Å². The molecule has 3 rings (SSSR count). The van der Waals surface area contributed by atoms with Crippen LogP contribution in [0, 0.1) is 0 Å². The summed E-state index contributed by atoms with van der Waals surface area (Å²) in [6, 6.07) is 17.1. The molecule has 1 heteroatoms. The van der Waals surface area contributed by atoms with Crippen molar-refractivity contribution < 1.29 is 0 Å². The SMILES string of the molecule is C=CN1c2ccccc2C(C)(C)c2ccccc21. The molecule has 18 heavy (non-hydrogen) atoms. The van der Waals surface area contributed by atoms with Crippen LogP contribution in [0.25, 0.3) is 0 Å². The Morgan fingerprint density at radius 1 is 0.889 bits per heavy atom. The Kier molecular flexibility index (Phi) is 2.30. The van der Waals surface area contributed by atoms with Gasteiger partial charge in [0.2, 0.25) is 0 Å². The molecule has 0 aliphatic carbocycles. The lowest BCUT2D eigenvalue weighted by atomic mass is 9.74. The van der Waals surface area contributed by atoms with Gasteiger partial charge in [0.25, 0.3) is 0 Å². The highest BCUT2D eigenvalue weighted by atomic mass is 15.1. The summed E-state index contributed by atoms with van der Waals surface area (Å²) in [5, 5.41) is 0. The second kappa shape index (κ2) is 3.74. The fourth-order valence-electron chi connectivity index (χ4n) is 2.90. The van der Waals surface area contributed by atoms with Crippen molar-refractivity contribution in [3.05, 3.63) is 72.4 Å². The summed E-state index contributed by atoms with van der Waals surface area (Å²) in [5.41, 5.74) is 5.20. The van der Waals surface area contributed by atoms with Gasteiger partial charge >= 0.3 is 0 Å². The molecule has 0 bridgehead atoms. The number of rotatable bonds is 1. The highest BCUT2D eigenvalue weighted by Gasteiger charge is 2.34. The van der Waals surface area contributed by atoms with E-state index in [-0.39, 0.29) is 5.41 Å². The molecule has 0 aromatic heterocycles. The van der Waals surface area contributed by atoms with Crippen molar-refractivity contribution >= 4 is 11.4 Å². The number of anilines is 2. The summed E-state index contributed by atoms with van der Waals surface area (Å²) in [4.78, 5) is 2.18. The first-order valence-electron chi connectivity index (χ1n) is 6.27. The first-order chi connectivity index (χ1) is 8.66. The average Bonchev–Trinajstić information content (AvgIpc) is 2.40. The summed E-state index contributed by atoms with van der Waals surface area (Å²) < 4.78 is 0. The van der Waals surface area contributed by atoms with Crippen LogP contribution in [0.15, 0.2) is 61.3 Å². The monoisotopic (exact) mass is 235 g/mol. The van der Waals surface area contributed by atoms with Crippen LogP contribution in [-0.4, -0.2) is 0 Å². The minimum Gasteiger partial charge on any atom is -0.317 e. The number of hydrogen-bond donors (Lipinski definition) is 0. The van der Waals surface area contributed by atoms with Crippen LogP contribution < -0.4 is 4.90 Å². The summed E-state index contributed by atoms with van der Waals surface area (Å²) in [7, 11) is 0. The molecule has 90 valence electrons. The minimum absolute atomic E-state index is 0.0344. The van der Waals surface area contributed by atoms with Gasteiger partial charge in [0, 0.05) is 23.0 Å². The van der Waals surface area contributed by atoms with E-state index in [1.165, 1.54) is 22.5 Å². The van der Waals surface area contributed by atoms with Crippen LogP contribution in [0.3, 0.4) is 0 Å².